The average molecular weight is 411 g/mol. The zero-order valence-electron chi connectivity index (χ0n) is 18.2. The first-order valence-corrected chi connectivity index (χ1v) is 10.0. The predicted molar refractivity (Wildman–Crippen MR) is 114 cm³/mol. The monoisotopic (exact) mass is 411 g/mol. The summed E-state index contributed by atoms with van der Waals surface area (Å²) in [7, 11) is 3.19. The van der Waals surface area contributed by atoms with Gasteiger partial charge in [-0.2, -0.15) is 0 Å². The van der Waals surface area contributed by atoms with Crippen molar-refractivity contribution in [3.8, 4) is 17.2 Å². The van der Waals surface area contributed by atoms with Crippen LogP contribution in [0.3, 0.4) is 0 Å². The van der Waals surface area contributed by atoms with Crippen LogP contribution in [-0.2, 0) is 22.4 Å². The molecule has 1 atom stereocenters. The standard InChI is InChI=1S/C24H29NO5/c1-24(2,3)23(27)30-22-13-16(6-9-21(22)29-5)12-20-19-8-7-18(28-4)14-17(19)10-11-25(20)15-26/h6-9,13-15,20H,10-12H2,1-5H3. The Morgan fingerprint density at radius 1 is 1.10 bits per heavy atom. The highest BCUT2D eigenvalue weighted by atomic mass is 16.6. The molecule has 1 heterocycles. The van der Waals surface area contributed by atoms with Gasteiger partial charge < -0.3 is 19.1 Å². The van der Waals surface area contributed by atoms with Gasteiger partial charge in [0.05, 0.1) is 25.7 Å². The number of methoxy groups -OCH3 is 2. The predicted octanol–water partition coefficient (Wildman–Crippen LogP) is 3.95. The van der Waals surface area contributed by atoms with Crippen LogP contribution in [0.1, 0.15) is 43.5 Å². The van der Waals surface area contributed by atoms with Crippen LogP contribution in [-0.4, -0.2) is 38.0 Å². The molecule has 0 saturated carbocycles. The molecule has 0 saturated heterocycles. The Labute approximate surface area is 177 Å². The number of amides is 1. The van der Waals surface area contributed by atoms with Gasteiger partial charge in [0.1, 0.15) is 5.75 Å². The summed E-state index contributed by atoms with van der Waals surface area (Å²) in [5, 5.41) is 0. The van der Waals surface area contributed by atoms with Crippen molar-refractivity contribution in [1.29, 1.82) is 0 Å². The lowest BCUT2D eigenvalue weighted by atomic mass is 9.89. The number of hydrogen-bond donors (Lipinski definition) is 0. The molecule has 0 spiro atoms. The third kappa shape index (κ3) is 4.58. The van der Waals surface area contributed by atoms with E-state index in [1.54, 1.807) is 41.1 Å². The number of esters is 1. The third-order valence-corrected chi connectivity index (χ3v) is 5.36. The largest absolute Gasteiger partial charge is 0.497 e. The van der Waals surface area contributed by atoms with Gasteiger partial charge in [-0.05, 0) is 74.6 Å². The van der Waals surface area contributed by atoms with Gasteiger partial charge in [0.25, 0.3) is 0 Å². The van der Waals surface area contributed by atoms with Crippen molar-refractivity contribution in [3.05, 3.63) is 53.1 Å². The van der Waals surface area contributed by atoms with E-state index in [1.165, 1.54) is 5.56 Å². The molecule has 0 aliphatic carbocycles. The molecule has 160 valence electrons. The lowest BCUT2D eigenvalue weighted by Gasteiger charge is -2.35. The van der Waals surface area contributed by atoms with Crippen molar-refractivity contribution < 1.29 is 23.8 Å². The summed E-state index contributed by atoms with van der Waals surface area (Å²) in [6.45, 7) is 6.07. The molecular formula is C24H29NO5. The number of carbonyl (C=O) groups is 2. The molecule has 1 amide bonds. The Kier molecular flexibility index (Phi) is 6.34. The van der Waals surface area contributed by atoms with Crippen LogP contribution in [0.4, 0.5) is 0 Å². The molecule has 0 radical (unpaired) electrons. The normalized spacial score (nSPS) is 15.9. The molecule has 6 nitrogen and oxygen atoms in total. The number of rotatable bonds is 6. The summed E-state index contributed by atoms with van der Waals surface area (Å²) in [4.78, 5) is 25.9. The highest BCUT2D eigenvalue weighted by Crippen LogP contribution is 2.36. The number of carbonyl (C=O) groups excluding carboxylic acids is 2. The summed E-state index contributed by atoms with van der Waals surface area (Å²) in [5.41, 5.74) is 2.62. The molecule has 1 aliphatic heterocycles. The fourth-order valence-electron chi connectivity index (χ4n) is 3.59. The second-order valence-electron chi connectivity index (χ2n) is 8.50. The molecule has 0 N–H and O–H groups in total. The van der Waals surface area contributed by atoms with E-state index in [9.17, 15) is 9.59 Å². The molecule has 1 aliphatic rings. The van der Waals surface area contributed by atoms with Crippen molar-refractivity contribution in [3.63, 3.8) is 0 Å². The summed E-state index contributed by atoms with van der Waals surface area (Å²) in [6.07, 6.45) is 2.29. The second kappa shape index (κ2) is 8.78. The van der Waals surface area contributed by atoms with Crippen LogP contribution >= 0.6 is 0 Å². The van der Waals surface area contributed by atoms with Crippen LogP contribution < -0.4 is 14.2 Å². The summed E-state index contributed by atoms with van der Waals surface area (Å²) in [5.74, 6) is 1.37. The third-order valence-electron chi connectivity index (χ3n) is 5.36. The van der Waals surface area contributed by atoms with E-state index < -0.39 is 5.41 Å². The maximum absolute atomic E-state index is 12.4. The van der Waals surface area contributed by atoms with Gasteiger partial charge in [-0.3, -0.25) is 9.59 Å². The topological polar surface area (TPSA) is 65.1 Å². The number of ether oxygens (including phenoxy) is 3. The van der Waals surface area contributed by atoms with Crippen molar-refractivity contribution in [2.75, 3.05) is 20.8 Å². The minimum Gasteiger partial charge on any atom is -0.497 e. The van der Waals surface area contributed by atoms with Crippen LogP contribution in [0.5, 0.6) is 17.2 Å². The SMILES string of the molecule is COc1ccc2c(c1)CCN(C=O)C2Cc1ccc(OC)c(OC(=O)C(C)(C)C)c1. The first-order valence-electron chi connectivity index (χ1n) is 10.0. The summed E-state index contributed by atoms with van der Waals surface area (Å²) < 4.78 is 16.3. The van der Waals surface area contributed by atoms with E-state index in [0.29, 0.717) is 24.5 Å². The Balaban J connectivity index is 1.92. The van der Waals surface area contributed by atoms with Gasteiger partial charge in [-0.1, -0.05) is 12.1 Å². The lowest BCUT2D eigenvalue weighted by molar-refractivity contribution is -0.143. The fraction of sp³-hybridized carbons (Fsp3) is 0.417. The molecule has 1 unspecified atom stereocenters. The minimum atomic E-state index is -0.628. The van der Waals surface area contributed by atoms with E-state index in [2.05, 4.69) is 0 Å². The van der Waals surface area contributed by atoms with Gasteiger partial charge in [-0.15, -0.1) is 0 Å². The lowest BCUT2D eigenvalue weighted by Crippen LogP contribution is -2.35. The van der Waals surface area contributed by atoms with E-state index in [1.807, 2.05) is 35.2 Å². The second-order valence-corrected chi connectivity index (χ2v) is 8.50. The van der Waals surface area contributed by atoms with Gasteiger partial charge in [-0.25, -0.2) is 0 Å². The van der Waals surface area contributed by atoms with Crippen molar-refractivity contribution in [1.82, 2.24) is 4.90 Å². The van der Waals surface area contributed by atoms with E-state index in [0.717, 1.165) is 29.7 Å². The Hall–Kier alpha value is -3.02. The Morgan fingerprint density at radius 3 is 2.50 bits per heavy atom. The van der Waals surface area contributed by atoms with Crippen molar-refractivity contribution >= 4 is 12.4 Å². The maximum Gasteiger partial charge on any atom is 0.316 e. The van der Waals surface area contributed by atoms with Gasteiger partial charge in [0, 0.05) is 6.54 Å². The first-order chi connectivity index (χ1) is 14.3. The molecule has 3 rings (SSSR count). The molecular weight excluding hydrogens is 382 g/mol. The van der Waals surface area contributed by atoms with E-state index >= 15 is 0 Å². The number of nitrogens with zero attached hydrogens (tertiary/aromatic N) is 1. The number of hydrogen-bond acceptors (Lipinski definition) is 5. The first kappa shape index (κ1) is 21.7. The van der Waals surface area contributed by atoms with Gasteiger partial charge >= 0.3 is 5.97 Å². The molecule has 2 aromatic carbocycles. The maximum atomic E-state index is 12.4. The number of benzene rings is 2. The number of fused-ring (bicyclic) bond motifs is 1. The zero-order valence-corrected chi connectivity index (χ0v) is 18.2. The quantitative estimate of drug-likeness (QED) is 0.409. The summed E-state index contributed by atoms with van der Waals surface area (Å²) in [6, 6.07) is 11.4. The molecule has 0 bridgehead atoms. The van der Waals surface area contributed by atoms with Crippen molar-refractivity contribution in [2.24, 2.45) is 5.41 Å². The van der Waals surface area contributed by atoms with E-state index in [-0.39, 0.29) is 12.0 Å². The van der Waals surface area contributed by atoms with Gasteiger partial charge in [0.2, 0.25) is 6.41 Å². The fourth-order valence-corrected chi connectivity index (χ4v) is 3.59. The van der Waals surface area contributed by atoms with Crippen LogP contribution in [0.25, 0.3) is 0 Å². The highest BCUT2D eigenvalue weighted by molar-refractivity contribution is 5.78. The van der Waals surface area contributed by atoms with Gasteiger partial charge in [0.15, 0.2) is 11.5 Å². The van der Waals surface area contributed by atoms with Crippen molar-refractivity contribution in [2.45, 2.75) is 39.7 Å². The van der Waals surface area contributed by atoms with E-state index in [4.69, 9.17) is 14.2 Å². The molecule has 2 aromatic rings. The zero-order chi connectivity index (χ0) is 21.9. The molecule has 30 heavy (non-hydrogen) atoms. The van der Waals surface area contributed by atoms with Crippen LogP contribution in [0, 0.1) is 5.41 Å². The summed E-state index contributed by atoms with van der Waals surface area (Å²) >= 11 is 0. The molecule has 0 aromatic heterocycles. The van der Waals surface area contributed by atoms with Crippen LogP contribution in [0.2, 0.25) is 0 Å². The Morgan fingerprint density at radius 2 is 1.87 bits per heavy atom. The Bertz CT molecular complexity index is 932. The smallest absolute Gasteiger partial charge is 0.316 e. The highest BCUT2D eigenvalue weighted by Gasteiger charge is 2.28. The van der Waals surface area contributed by atoms with Crippen LogP contribution in [0.15, 0.2) is 36.4 Å². The average Bonchev–Trinajstić information content (AvgIpc) is 2.73. The molecule has 0 fully saturated rings. The minimum absolute atomic E-state index is 0.100. The molecule has 6 heteroatoms.